The summed E-state index contributed by atoms with van der Waals surface area (Å²) in [6, 6.07) is 4.23. The van der Waals surface area contributed by atoms with Gasteiger partial charge in [0.1, 0.15) is 0 Å². The summed E-state index contributed by atoms with van der Waals surface area (Å²) in [4.78, 5) is 13.3. The van der Waals surface area contributed by atoms with Crippen LogP contribution in [0.3, 0.4) is 0 Å². The van der Waals surface area contributed by atoms with Gasteiger partial charge < -0.3 is 5.32 Å². The van der Waals surface area contributed by atoms with Gasteiger partial charge in [-0.2, -0.15) is 5.10 Å². The van der Waals surface area contributed by atoms with Gasteiger partial charge in [-0.1, -0.05) is 6.07 Å². The zero-order valence-electron chi connectivity index (χ0n) is 10.8. The van der Waals surface area contributed by atoms with Crippen LogP contribution in [-0.2, 0) is 13.5 Å². The fraction of sp³-hybridized carbons (Fsp3) is 0.385. The number of nitrogens with zero attached hydrogens (tertiary/aromatic N) is 2. The van der Waals surface area contributed by atoms with Gasteiger partial charge >= 0.3 is 0 Å². The highest BCUT2D eigenvalue weighted by molar-refractivity contribution is 7.09. The minimum absolute atomic E-state index is 0.0512. The Bertz CT molecular complexity index is 530. The second-order valence-electron chi connectivity index (χ2n) is 4.43. The standard InChI is InChI=1S/C13H17N3OS/c1-9(7-11-5-4-6-18-11)15-13(17)12-8-14-16(3)10(12)2/h4-6,8-9H,7H2,1-3H3,(H,15,17)/t9-/m0/s1. The molecule has 0 unspecified atom stereocenters. The van der Waals surface area contributed by atoms with Crippen LogP contribution >= 0.6 is 11.3 Å². The fourth-order valence-corrected chi connectivity index (χ4v) is 2.64. The number of carbonyl (C=O) groups is 1. The van der Waals surface area contributed by atoms with E-state index in [0.29, 0.717) is 5.56 Å². The lowest BCUT2D eigenvalue weighted by Crippen LogP contribution is -2.34. The van der Waals surface area contributed by atoms with Crippen molar-refractivity contribution in [3.8, 4) is 0 Å². The first-order chi connectivity index (χ1) is 8.58. The summed E-state index contributed by atoms with van der Waals surface area (Å²) in [7, 11) is 1.83. The molecule has 0 radical (unpaired) electrons. The number of hydrogen-bond donors (Lipinski definition) is 1. The van der Waals surface area contributed by atoms with Crippen LogP contribution in [0.5, 0.6) is 0 Å². The molecule has 0 bridgehead atoms. The molecular weight excluding hydrogens is 246 g/mol. The molecule has 0 saturated heterocycles. The van der Waals surface area contributed by atoms with Crippen LogP contribution in [0.15, 0.2) is 23.7 Å². The van der Waals surface area contributed by atoms with Crippen LogP contribution in [0.25, 0.3) is 0 Å². The monoisotopic (exact) mass is 263 g/mol. The highest BCUT2D eigenvalue weighted by Crippen LogP contribution is 2.12. The largest absolute Gasteiger partial charge is 0.349 e. The van der Waals surface area contributed by atoms with Gasteiger partial charge in [0.05, 0.1) is 11.8 Å². The predicted octanol–water partition coefficient (Wildman–Crippen LogP) is 2.15. The second-order valence-corrected chi connectivity index (χ2v) is 5.46. The predicted molar refractivity (Wildman–Crippen MR) is 72.9 cm³/mol. The normalized spacial score (nSPS) is 12.4. The molecule has 1 atom stereocenters. The van der Waals surface area contributed by atoms with Crippen LogP contribution < -0.4 is 5.32 Å². The Morgan fingerprint density at radius 2 is 2.39 bits per heavy atom. The zero-order valence-corrected chi connectivity index (χ0v) is 11.6. The fourth-order valence-electron chi connectivity index (χ4n) is 1.80. The maximum Gasteiger partial charge on any atom is 0.254 e. The highest BCUT2D eigenvalue weighted by atomic mass is 32.1. The smallest absolute Gasteiger partial charge is 0.254 e. The molecule has 2 heterocycles. The van der Waals surface area contributed by atoms with E-state index >= 15 is 0 Å². The Kier molecular flexibility index (Phi) is 3.81. The summed E-state index contributed by atoms with van der Waals surface area (Å²) in [6.45, 7) is 3.91. The van der Waals surface area contributed by atoms with Gasteiger partial charge in [-0.15, -0.1) is 11.3 Å². The van der Waals surface area contributed by atoms with Crippen molar-refractivity contribution in [3.63, 3.8) is 0 Å². The summed E-state index contributed by atoms with van der Waals surface area (Å²) in [6.07, 6.45) is 2.48. The van der Waals surface area contributed by atoms with Crippen molar-refractivity contribution in [1.29, 1.82) is 0 Å². The van der Waals surface area contributed by atoms with Gasteiger partial charge in [-0.05, 0) is 25.3 Å². The van der Waals surface area contributed by atoms with Gasteiger partial charge in [-0.3, -0.25) is 9.48 Å². The summed E-state index contributed by atoms with van der Waals surface area (Å²) >= 11 is 1.71. The molecule has 0 aliphatic heterocycles. The molecule has 0 fully saturated rings. The van der Waals surface area contributed by atoms with Crippen LogP contribution in [0.1, 0.15) is 27.9 Å². The summed E-state index contributed by atoms with van der Waals surface area (Å²) < 4.78 is 1.71. The van der Waals surface area contributed by atoms with Crippen molar-refractivity contribution < 1.29 is 4.79 Å². The Morgan fingerprint density at radius 3 is 2.94 bits per heavy atom. The van der Waals surface area contributed by atoms with E-state index in [1.54, 1.807) is 22.2 Å². The molecule has 4 nitrogen and oxygen atoms in total. The Hall–Kier alpha value is -1.62. The van der Waals surface area contributed by atoms with Crippen molar-refractivity contribution in [1.82, 2.24) is 15.1 Å². The average Bonchev–Trinajstić information content (AvgIpc) is 2.91. The van der Waals surface area contributed by atoms with E-state index in [2.05, 4.69) is 21.9 Å². The van der Waals surface area contributed by atoms with E-state index in [1.165, 1.54) is 4.88 Å². The molecule has 2 rings (SSSR count). The third-order valence-electron chi connectivity index (χ3n) is 2.94. The summed E-state index contributed by atoms with van der Waals surface area (Å²) in [5, 5.41) is 9.13. The molecule has 0 spiro atoms. The van der Waals surface area contributed by atoms with Crippen LogP contribution in [0.4, 0.5) is 0 Å². The third kappa shape index (κ3) is 2.79. The molecule has 96 valence electrons. The summed E-state index contributed by atoms with van der Waals surface area (Å²) in [5.74, 6) is -0.0512. The van der Waals surface area contributed by atoms with Crippen molar-refractivity contribution in [2.45, 2.75) is 26.3 Å². The topological polar surface area (TPSA) is 46.9 Å². The van der Waals surface area contributed by atoms with Crippen molar-refractivity contribution in [2.75, 3.05) is 0 Å². The molecule has 2 aromatic rings. The molecule has 1 amide bonds. The van der Waals surface area contributed by atoms with Gasteiger partial charge in [0.25, 0.3) is 5.91 Å². The molecule has 1 N–H and O–H groups in total. The number of aryl methyl sites for hydroxylation is 1. The first-order valence-corrected chi connectivity index (χ1v) is 6.77. The minimum Gasteiger partial charge on any atom is -0.349 e. The first-order valence-electron chi connectivity index (χ1n) is 5.89. The number of hydrogen-bond acceptors (Lipinski definition) is 3. The van der Waals surface area contributed by atoms with Gasteiger partial charge in [0, 0.05) is 30.1 Å². The second kappa shape index (κ2) is 5.35. The lowest BCUT2D eigenvalue weighted by atomic mass is 10.2. The van der Waals surface area contributed by atoms with E-state index in [1.807, 2.05) is 27.0 Å². The number of aromatic nitrogens is 2. The molecule has 0 aliphatic carbocycles. The third-order valence-corrected chi connectivity index (χ3v) is 3.84. The quantitative estimate of drug-likeness (QED) is 0.918. The van der Waals surface area contributed by atoms with Crippen molar-refractivity contribution >= 4 is 17.2 Å². The maximum atomic E-state index is 12.1. The number of thiophene rings is 1. The Balaban J connectivity index is 1.97. The molecule has 0 saturated carbocycles. The lowest BCUT2D eigenvalue weighted by molar-refractivity contribution is 0.0939. The molecule has 2 aromatic heterocycles. The molecular formula is C13H17N3OS. The lowest BCUT2D eigenvalue weighted by Gasteiger charge is -2.12. The van der Waals surface area contributed by atoms with Crippen molar-refractivity contribution in [2.24, 2.45) is 7.05 Å². The Labute approximate surface area is 111 Å². The molecule has 0 aliphatic rings. The molecule has 5 heteroatoms. The molecule has 0 aromatic carbocycles. The number of amides is 1. The highest BCUT2D eigenvalue weighted by Gasteiger charge is 2.15. The van der Waals surface area contributed by atoms with Gasteiger partial charge in [0.15, 0.2) is 0 Å². The SMILES string of the molecule is Cc1c(C(=O)N[C@@H](C)Cc2cccs2)cnn1C. The number of nitrogens with one attached hydrogen (secondary N) is 1. The van der Waals surface area contributed by atoms with Crippen molar-refractivity contribution in [3.05, 3.63) is 39.8 Å². The van der Waals surface area contributed by atoms with E-state index in [-0.39, 0.29) is 11.9 Å². The van der Waals surface area contributed by atoms with E-state index in [9.17, 15) is 4.79 Å². The first kappa shape index (κ1) is 12.8. The van der Waals surface area contributed by atoms with E-state index < -0.39 is 0 Å². The Morgan fingerprint density at radius 1 is 1.61 bits per heavy atom. The van der Waals surface area contributed by atoms with Crippen LogP contribution in [0, 0.1) is 6.92 Å². The number of carbonyl (C=O) groups excluding carboxylic acids is 1. The minimum atomic E-state index is -0.0512. The summed E-state index contributed by atoms with van der Waals surface area (Å²) in [5.41, 5.74) is 1.53. The molecule has 18 heavy (non-hydrogen) atoms. The van der Waals surface area contributed by atoms with Crippen LogP contribution in [-0.4, -0.2) is 21.7 Å². The van der Waals surface area contributed by atoms with Crippen LogP contribution in [0.2, 0.25) is 0 Å². The maximum absolute atomic E-state index is 12.1. The number of rotatable bonds is 4. The van der Waals surface area contributed by atoms with E-state index in [0.717, 1.165) is 12.1 Å². The zero-order chi connectivity index (χ0) is 13.1. The average molecular weight is 263 g/mol. The van der Waals surface area contributed by atoms with Gasteiger partial charge in [0.2, 0.25) is 0 Å². The van der Waals surface area contributed by atoms with E-state index in [4.69, 9.17) is 0 Å². The van der Waals surface area contributed by atoms with Gasteiger partial charge in [-0.25, -0.2) is 0 Å².